The van der Waals surface area contributed by atoms with Gasteiger partial charge in [-0.1, -0.05) is 56.3 Å². The minimum atomic E-state index is -0.110. The zero-order valence-electron chi connectivity index (χ0n) is 14.1. The molecule has 2 N–H and O–H groups in total. The highest BCUT2D eigenvalue weighted by Gasteiger charge is 2.38. The normalized spacial score (nSPS) is 21.9. The molecule has 122 valence electrons. The van der Waals surface area contributed by atoms with Crippen LogP contribution in [-0.2, 0) is 4.79 Å². The number of benzene rings is 2. The van der Waals surface area contributed by atoms with E-state index in [2.05, 4.69) is 48.7 Å². The fourth-order valence-corrected chi connectivity index (χ4v) is 3.78. The number of nitrogens with one attached hydrogen (secondary N) is 2. The number of fused-ring (bicyclic) bond motifs is 1. The highest BCUT2D eigenvalue weighted by molar-refractivity contribution is 6.01. The van der Waals surface area contributed by atoms with Gasteiger partial charge < -0.3 is 10.6 Å². The van der Waals surface area contributed by atoms with E-state index in [0.717, 1.165) is 34.6 Å². The van der Waals surface area contributed by atoms with E-state index < -0.39 is 0 Å². The Hall–Kier alpha value is -2.55. The van der Waals surface area contributed by atoms with E-state index in [-0.39, 0.29) is 17.2 Å². The number of carbonyl (C=O) groups excluding carboxylic acids is 1. The third kappa shape index (κ3) is 2.60. The van der Waals surface area contributed by atoms with Gasteiger partial charge in [-0.3, -0.25) is 4.79 Å². The van der Waals surface area contributed by atoms with Crippen molar-refractivity contribution in [1.82, 2.24) is 0 Å². The number of anilines is 2. The number of hydrogen-bond donors (Lipinski definition) is 2. The van der Waals surface area contributed by atoms with E-state index in [1.807, 2.05) is 30.3 Å². The molecule has 24 heavy (non-hydrogen) atoms. The van der Waals surface area contributed by atoms with E-state index >= 15 is 0 Å². The van der Waals surface area contributed by atoms with E-state index in [4.69, 9.17) is 0 Å². The van der Waals surface area contributed by atoms with E-state index in [1.165, 1.54) is 0 Å². The van der Waals surface area contributed by atoms with Crippen molar-refractivity contribution < 1.29 is 4.79 Å². The average Bonchev–Trinajstić information content (AvgIpc) is 2.70. The van der Waals surface area contributed by atoms with Crippen molar-refractivity contribution in [3.05, 3.63) is 71.4 Å². The molecular formula is C21H22N2O. The van der Waals surface area contributed by atoms with Crippen LogP contribution in [0.25, 0.3) is 0 Å². The first-order valence-corrected chi connectivity index (χ1v) is 8.47. The van der Waals surface area contributed by atoms with Crippen LogP contribution in [0.2, 0.25) is 0 Å². The third-order valence-electron chi connectivity index (χ3n) is 4.85. The van der Waals surface area contributed by atoms with Crippen molar-refractivity contribution in [2.24, 2.45) is 5.41 Å². The van der Waals surface area contributed by atoms with E-state index in [9.17, 15) is 4.79 Å². The molecule has 1 heterocycles. The molecule has 2 aromatic carbocycles. The molecule has 0 radical (unpaired) electrons. The molecule has 0 fully saturated rings. The zero-order valence-corrected chi connectivity index (χ0v) is 14.1. The molecule has 0 aromatic heterocycles. The van der Waals surface area contributed by atoms with Crippen molar-refractivity contribution in [2.75, 3.05) is 10.6 Å². The Kier molecular flexibility index (Phi) is 3.45. The number of carbonyl (C=O) groups is 1. The number of Topliss-reactive ketones (excluding diaryl/α,β-unsaturated/α-hetero) is 1. The summed E-state index contributed by atoms with van der Waals surface area (Å²) in [5.41, 5.74) is 5.12. The van der Waals surface area contributed by atoms with Gasteiger partial charge in [0.05, 0.1) is 17.4 Å². The van der Waals surface area contributed by atoms with Crippen LogP contribution in [0.4, 0.5) is 11.4 Å². The van der Waals surface area contributed by atoms with Crippen molar-refractivity contribution in [1.29, 1.82) is 0 Å². The number of allylic oxidation sites excluding steroid dienone is 1. The minimum absolute atomic E-state index is 0.0105. The van der Waals surface area contributed by atoms with Gasteiger partial charge >= 0.3 is 0 Å². The van der Waals surface area contributed by atoms with Gasteiger partial charge in [-0.25, -0.2) is 0 Å². The Balaban J connectivity index is 1.89. The summed E-state index contributed by atoms with van der Waals surface area (Å²) in [5, 5.41) is 7.13. The first-order chi connectivity index (χ1) is 11.5. The average molecular weight is 318 g/mol. The second-order valence-corrected chi connectivity index (χ2v) is 7.49. The maximum atomic E-state index is 13.0. The summed E-state index contributed by atoms with van der Waals surface area (Å²) in [6.45, 7) is 4.33. The van der Waals surface area contributed by atoms with Gasteiger partial charge in [0.1, 0.15) is 0 Å². The summed E-state index contributed by atoms with van der Waals surface area (Å²) in [6.07, 6.45) is 1.47. The third-order valence-corrected chi connectivity index (χ3v) is 4.85. The Morgan fingerprint density at radius 3 is 2.33 bits per heavy atom. The molecule has 0 amide bonds. The van der Waals surface area contributed by atoms with Gasteiger partial charge in [0.25, 0.3) is 0 Å². The number of hydrogen-bond acceptors (Lipinski definition) is 3. The Bertz CT molecular complexity index is 821. The highest BCUT2D eigenvalue weighted by atomic mass is 16.1. The van der Waals surface area contributed by atoms with Crippen LogP contribution >= 0.6 is 0 Å². The van der Waals surface area contributed by atoms with Gasteiger partial charge in [0.2, 0.25) is 0 Å². The standard InChI is InChI=1S/C21H22N2O/c1-21(2)12-17-19(18(24)13-21)20(14-8-4-3-5-9-14)23-16-11-7-6-10-15(16)22-17/h3-11,20,22-23H,12-13H2,1-2H3. The molecule has 0 saturated heterocycles. The van der Waals surface area contributed by atoms with Crippen molar-refractivity contribution in [3.63, 3.8) is 0 Å². The lowest BCUT2D eigenvalue weighted by molar-refractivity contribution is -0.118. The first kappa shape index (κ1) is 15.0. The summed E-state index contributed by atoms with van der Waals surface area (Å²) in [6, 6.07) is 18.3. The topological polar surface area (TPSA) is 41.1 Å². The summed E-state index contributed by atoms with van der Waals surface area (Å²) >= 11 is 0. The van der Waals surface area contributed by atoms with Crippen molar-refractivity contribution in [2.45, 2.75) is 32.7 Å². The van der Waals surface area contributed by atoms with Crippen molar-refractivity contribution in [3.8, 4) is 0 Å². The van der Waals surface area contributed by atoms with Crippen LogP contribution in [0.1, 0.15) is 38.3 Å². The Morgan fingerprint density at radius 1 is 0.917 bits per heavy atom. The van der Waals surface area contributed by atoms with Crippen LogP contribution in [-0.4, -0.2) is 5.78 Å². The van der Waals surface area contributed by atoms with Crippen LogP contribution in [0.5, 0.6) is 0 Å². The summed E-state index contributed by atoms with van der Waals surface area (Å²) in [4.78, 5) is 13.0. The van der Waals surface area contributed by atoms with Gasteiger partial charge in [0, 0.05) is 17.7 Å². The zero-order chi connectivity index (χ0) is 16.7. The highest BCUT2D eigenvalue weighted by Crippen LogP contribution is 2.45. The predicted molar refractivity (Wildman–Crippen MR) is 97.9 cm³/mol. The molecule has 1 aliphatic heterocycles. The molecule has 2 aromatic rings. The van der Waals surface area contributed by atoms with E-state index in [0.29, 0.717) is 6.42 Å². The largest absolute Gasteiger partial charge is 0.372 e. The first-order valence-electron chi connectivity index (χ1n) is 8.47. The predicted octanol–water partition coefficient (Wildman–Crippen LogP) is 4.91. The molecule has 1 unspecified atom stereocenters. The van der Waals surface area contributed by atoms with Crippen LogP contribution in [0.3, 0.4) is 0 Å². The molecule has 0 spiro atoms. The van der Waals surface area contributed by atoms with Gasteiger partial charge in [-0.2, -0.15) is 0 Å². The summed E-state index contributed by atoms with van der Waals surface area (Å²) in [7, 11) is 0. The fraction of sp³-hybridized carbons (Fsp3) is 0.286. The summed E-state index contributed by atoms with van der Waals surface area (Å²) in [5.74, 6) is 0.239. The monoisotopic (exact) mass is 318 g/mol. The van der Waals surface area contributed by atoms with Gasteiger partial charge in [-0.15, -0.1) is 0 Å². The van der Waals surface area contributed by atoms with E-state index in [1.54, 1.807) is 0 Å². The molecule has 0 bridgehead atoms. The summed E-state index contributed by atoms with van der Waals surface area (Å²) < 4.78 is 0. The smallest absolute Gasteiger partial charge is 0.163 e. The van der Waals surface area contributed by atoms with Crippen LogP contribution < -0.4 is 10.6 Å². The lowest BCUT2D eigenvalue weighted by Gasteiger charge is -2.34. The lowest BCUT2D eigenvalue weighted by Crippen LogP contribution is -2.31. The maximum Gasteiger partial charge on any atom is 0.163 e. The number of ketones is 1. The molecular weight excluding hydrogens is 296 g/mol. The molecule has 1 atom stereocenters. The van der Waals surface area contributed by atoms with Crippen LogP contribution in [0, 0.1) is 5.41 Å². The molecule has 2 aliphatic rings. The molecule has 1 aliphatic carbocycles. The minimum Gasteiger partial charge on any atom is -0.372 e. The quantitative estimate of drug-likeness (QED) is 0.785. The Morgan fingerprint density at radius 2 is 1.58 bits per heavy atom. The SMILES string of the molecule is CC1(C)CC(=O)C2=C(C1)Nc1ccccc1NC2c1ccccc1. The number of rotatable bonds is 1. The maximum absolute atomic E-state index is 13.0. The fourth-order valence-electron chi connectivity index (χ4n) is 3.78. The number of para-hydroxylation sites is 2. The van der Waals surface area contributed by atoms with Crippen LogP contribution in [0.15, 0.2) is 65.9 Å². The van der Waals surface area contributed by atoms with Crippen molar-refractivity contribution >= 4 is 17.2 Å². The molecule has 3 heteroatoms. The second kappa shape index (κ2) is 5.52. The molecule has 3 nitrogen and oxygen atoms in total. The van der Waals surface area contributed by atoms with Gasteiger partial charge in [-0.05, 0) is 29.5 Å². The van der Waals surface area contributed by atoms with Gasteiger partial charge in [0.15, 0.2) is 5.78 Å². The molecule has 0 saturated carbocycles. The molecule has 4 rings (SSSR count). The second-order valence-electron chi connectivity index (χ2n) is 7.49. The Labute approximate surface area is 142 Å². The lowest BCUT2D eigenvalue weighted by atomic mass is 9.73.